The highest BCUT2D eigenvalue weighted by Crippen LogP contribution is 2.40. The molecule has 0 unspecified atom stereocenters. The Hall–Kier alpha value is -3.48. The van der Waals surface area contributed by atoms with Crippen molar-refractivity contribution >= 4 is 33.4 Å². The number of carboxylic acids is 1. The van der Waals surface area contributed by atoms with Gasteiger partial charge in [-0.1, -0.05) is 38.5 Å². The Kier molecular flexibility index (Phi) is 8.29. The Morgan fingerprint density at radius 3 is 2.26 bits per heavy atom. The third-order valence-corrected chi connectivity index (χ3v) is 6.50. The lowest BCUT2D eigenvalue weighted by Crippen LogP contribution is -2.24. The maximum absolute atomic E-state index is 13.1. The highest BCUT2D eigenvalue weighted by atomic mass is 16.7. The summed E-state index contributed by atoms with van der Waals surface area (Å²) in [6.07, 6.45) is 8.51. The number of carbonyl (C=O) groups excluding carboxylic acids is 1. The van der Waals surface area contributed by atoms with Crippen LogP contribution >= 0.6 is 0 Å². The van der Waals surface area contributed by atoms with Gasteiger partial charge in [0.05, 0.1) is 7.11 Å². The zero-order chi connectivity index (χ0) is 24.6. The predicted molar refractivity (Wildman–Crippen MR) is 136 cm³/mol. The Labute approximate surface area is 205 Å². The molecular formula is C28H33NO6. The number of benzene rings is 3. The van der Waals surface area contributed by atoms with Crippen molar-refractivity contribution in [1.82, 2.24) is 5.32 Å². The monoisotopic (exact) mass is 479 g/mol. The van der Waals surface area contributed by atoms with E-state index in [2.05, 4.69) is 5.32 Å². The van der Waals surface area contributed by atoms with Crippen LogP contribution in [0.15, 0.2) is 36.4 Å². The molecule has 0 aromatic heterocycles. The molecule has 0 aliphatic carbocycles. The molecule has 3 aromatic carbocycles. The van der Waals surface area contributed by atoms with Crippen LogP contribution in [0.4, 0.5) is 0 Å². The first-order valence-corrected chi connectivity index (χ1v) is 12.4. The lowest BCUT2D eigenvalue weighted by molar-refractivity contribution is -0.137. The lowest BCUT2D eigenvalue weighted by atomic mass is 9.96. The van der Waals surface area contributed by atoms with Gasteiger partial charge in [0.25, 0.3) is 5.91 Å². The Morgan fingerprint density at radius 2 is 1.54 bits per heavy atom. The fraction of sp³-hybridized carbons (Fsp3) is 0.429. The average molecular weight is 480 g/mol. The molecule has 0 saturated carbocycles. The molecule has 0 bridgehead atoms. The molecule has 7 nitrogen and oxygen atoms in total. The molecule has 0 radical (unpaired) electrons. The summed E-state index contributed by atoms with van der Waals surface area (Å²) in [5.74, 6) is 1.33. The lowest BCUT2D eigenvalue weighted by Gasteiger charge is -2.13. The fourth-order valence-electron chi connectivity index (χ4n) is 4.60. The Bertz CT molecular complexity index is 1210. The molecular weight excluding hydrogens is 446 g/mol. The van der Waals surface area contributed by atoms with Crippen molar-refractivity contribution in [3.8, 4) is 17.2 Å². The Balaban J connectivity index is 1.34. The van der Waals surface area contributed by atoms with Gasteiger partial charge in [0, 0.05) is 18.5 Å². The van der Waals surface area contributed by atoms with Crippen LogP contribution in [0.1, 0.15) is 68.1 Å². The summed E-state index contributed by atoms with van der Waals surface area (Å²) >= 11 is 0. The fourth-order valence-corrected chi connectivity index (χ4v) is 4.60. The largest absolute Gasteiger partial charge is 0.497 e. The SMILES string of the molecule is COc1ccc2c(C(=O)NCCCCCCCCCCC(=O)O)cc3cc4c(cc3c2c1)OCO4. The van der Waals surface area contributed by atoms with Crippen LogP contribution in [0.2, 0.25) is 0 Å². The molecule has 0 atom stereocenters. The summed E-state index contributed by atoms with van der Waals surface area (Å²) in [7, 11) is 1.63. The number of hydrogen-bond acceptors (Lipinski definition) is 5. The number of carbonyl (C=O) groups is 2. The minimum absolute atomic E-state index is 0.0850. The summed E-state index contributed by atoms with van der Waals surface area (Å²) in [6.45, 7) is 0.833. The summed E-state index contributed by atoms with van der Waals surface area (Å²) in [4.78, 5) is 23.7. The standard InChI is InChI=1S/C28H33NO6/c1-33-20-11-12-21-23(16-20)22-17-26-25(34-18-35-26)15-19(22)14-24(21)28(32)29-13-9-7-5-3-2-4-6-8-10-27(30)31/h11-12,14-17H,2-10,13,18H2,1H3,(H,29,32)(H,30,31). The van der Waals surface area contributed by atoms with Crippen molar-refractivity contribution in [1.29, 1.82) is 0 Å². The third kappa shape index (κ3) is 6.15. The summed E-state index contributed by atoms with van der Waals surface area (Å²) in [6, 6.07) is 11.6. The number of nitrogens with one attached hydrogen (secondary N) is 1. The van der Waals surface area contributed by atoms with Crippen molar-refractivity contribution in [2.24, 2.45) is 0 Å². The van der Waals surface area contributed by atoms with Gasteiger partial charge in [-0.25, -0.2) is 0 Å². The second-order valence-electron chi connectivity index (χ2n) is 8.99. The molecule has 1 amide bonds. The number of unbranched alkanes of at least 4 members (excludes halogenated alkanes) is 7. The number of carboxylic acid groups (broad SMARTS) is 1. The van der Waals surface area contributed by atoms with E-state index in [0.29, 0.717) is 23.6 Å². The molecule has 1 aliphatic heterocycles. The molecule has 35 heavy (non-hydrogen) atoms. The van der Waals surface area contributed by atoms with Crippen LogP contribution in [0.25, 0.3) is 21.5 Å². The number of hydrogen-bond donors (Lipinski definition) is 2. The molecule has 1 aliphatic rings. The van der Waals surface area contributed by atoms with Gasteiger partial charge in [0.15, 0.2) is 11.5 Å². The van der Waals surface area contributed by atoms with Crippen molar-refractivity contribution in [3.63, 3.8) is 0 Å². The van der Waals surface area contributed by atoms with E-state index in [1.165, 1.54) is 0 Å². The van der Waals surface area contributed by atoms with Crippen LogP contribution in [-0.4, -0.2) is 37.4 Å². The van der Waals surface area contributed by atoms with E-state index in [4.69, 9.17) is 19.3 Å². The zero-order valence-electron chi connectivity index (χ0n) is 20.2. The molecule has 0 spiro atoms. The number of aliphatic carboxylic acids is 1. The van der Waals surface area contributed by atoms with Crippen LogP contribution in [-0.2, 0) is 4.79 Å². The number of ether oxygens (including phenoxy) is 3. The van der Waals surface area contributed by atoms with E-state index in [0.717, 1.165) is 78.7 Å². The topological polar surface area (TPSA) is 94.1 Å². The van der Waals surface area contributed by atoms with E-state index in [1.807, 2.05) is 36.4 Å². The van der Waals surface area contributed by atoms with E-state index in [-0.39, 0.29) is 19.1 Å². The molecule has 3 aromatic rings. The normalized spacial score (nSPS) is 12.3. The molecule has 2 N–H and O–H groups in total. The minimum atomic E-state index is -0.712. The predicted octanol–water partition coefficient (Wildman–Crippen LogP) is 6.06. The van der Waals surface area contributed by atoms with Gasteiger partial charge in [-0.2, -0.15) is 0 Å². The highest BCUT2D eigenvalue weighted by molar-refractivity contribution is 6.18. The molecule has 1 heterocycles. The van der Waals surface area contributed by atoms with E-state index >= 15 is 0 Å². The average Bonchev–Trinajstić information content (AvgIpc) is 3.32. The van der Waals surface area contributed by atoms with Crippen LogP contribution in [0.3, 0.4) is 0 Å². The zero-order valence-corrected chi connectivity index (χ0v) is 20.2. The number of methoxy groups -OCH3 is 1. The van der Waals surface area contributed by atoms with Crippen LogP contribution < -0.4 is 19.5 Å². The van der Waals surface area contributed by atoms with Gasteiger partial charge in [0.1, 0.15) is 5.75 Å². The van der Waals surface area contributed by atoms with Gasteiger partial charge in [-0.3, -0.25) is 9.59 Å². The maximum Gasteiger partial charge on any atom is 0.303 e. The van der Waals surface area contributed by atoms with E-state index in [9.17, 15) is 9.59 Å². The third-order valence-electron chi connectivity index (χ3n) is 6.50. The molecule has 0 saturated heterocycles. The molecule has 0 fully saturated rings. The van der Waals surface area contributed by atoms with Crippen molar-refractivity contribution < 1.29 is 28.9 Å². The number of fused-ring (bicyclic) bond motifs is 4. The first-order chi connectivity index (χ1) is 17.1. The molecule has 7 heteroatoms. The van der Waals surface area contributed by atoms with Crippen molar-refractivity contribution in [3.05, 3.63) is 42.0 Å². The molecule has 186 valence electrons. The van der Waals surface area contributed by atoms with Crippen LogP contribution in [0.5, 0.6) is 17.2 Å². The minimum Gasteiger partial charge on any atom is -0.497 e. The highest BCUT2D eigenvalue weighted by Gasteiger charge is 2.19. The van der Waals surface area contributed by atoms with Gasteiger partial charge in [-0.15, -0.1) is 0 Å². The smallest absolute Gasteiger partial charge is 0.303 e. The maximum atomic E-state index is 13.1. The summed E-state index contributed by atoms with van der Waals surface area (Å²) in [5, 5.41) is 15.5. The summed E-state index contributed by atoms with van der Waals surface area (Å²) in [5.41, 5.74) is 0.635. The van der Waals surface area contributed by atoms with E-state index in [1.54, 1.807) is 7.11 Å². The summed E-state index contributed by atoms with van der Waals surface area (Å²) < 4.78 is 16.5. The second kappa shape index (κ2) is 11.8. The number of amides is 1. The van der Waals surface area contributed by atoms with Gasteiger partial charge < -0.3 is 24.6 Å². The van der Waals surface area contributed by atoms with E-state index < -0.39 is 5.97 Å². The van der Waals surface area contributed by atoms with Crippen LogP contribution in [0, 0.1) is 0 Å². The van der Waals surface area contributed by atoms with Crippen molar-refractivity contribution in [2.75, 3.05) is 20.4 Å². The second-order valence-corrected chi connectivity index (χ2v) is 8.99. The van der Waals surface area contributed by atoms with Gasteiger partial charge in [0.2, 0.25) is 6.79 Å². The van der Waals surface area contributed by atoms with Gasteiger partial charge in [-0.05, 0) is 70.8 Å². The first-order valence-electron chi connectivity index (χ1n) is 12.4. The molecule has 4 rings (SSSR count). The van der Waals surface area contributed by atoms with Crippen molar-refractivity contribution in [2.45, 2.75) is 57.8 Å². The Morgan fingerprint density at radius 1 is 0.857 bits per heavy atom. The first kappa shape index (κ1) is 24.6. The van der Waals surface area contributed by atoms with Gasteiger partial charge >= 0.3 is 5.97 Å². The number of rotatable bonds is 13. The quantitative estimate of drug-likeness (QED) is 0.229.